The normalized spacial score (nSPS) is 11.1. The molecule has 21 heavy (non-hydrogen) atoms. The number of hydrogen-bond donors (Lipinski definition) is 1. The third-order valence-corrected chi connectivity index (χ3v) is 4.87. The summed E-state index contributed by atoms with van der Waals surface area (Å²) >= 11 is 1.79. The molecule has 0 aliphatic carbocycles. The Morgan fingerprint density at radius 3 is 2.52 bits per heavy atom. The molecule has 0 saturated carbocycles. The van der Waals surface area contributed by atoms with Crippen LogP contribution in [0.4, 0.5) is 0 Å². The van der Waals surface area contributed by atoms with E-state index >= 15 is 0 Å². The Morgan fingerprint density at radius 1 is 0.952 bits per heavy atom. The average molecular weight is 290 g/mol. The van der Waals surface area contributed by atoms with Crippen LogP contribution >= 0.6 is 11.3 Å². The number of aromatic amines is 1. The van der Waals surface area contributed by atoms with Crippen LogP contribution in [0.15, 0.2) is 60.7 Å². The van der Waals surface area contributed by atoms with Crippen LogP contribution in [0.2, 0.25) is 0 Å². The van der Waals surface area contributed by atoms with Gasteiger partial charge < -0.3 is 4.98 Å². The SMILES string of the molecule is Cc1cc(-c2ccccc2)sc1-c1nc2ccccc2[nH]1. The molecule has 4 rings (SSSR count). The number of nitrogens with zero attached hydrogens (tertiary/aromatic N) is 1. The van der Waals surface area contributed by atoms with E-state index in [4.69, 9.17) is 4.98 Å². The van der Waals surface area contributed by atoms with E-state index in [9.17, 15) is 0 Å². The molecule has 0 saturated heterocycles. The Hall–Kier alpha value is -2.39. The number of H-pyrrole nitrogens is 1. The van der Waals surface area contributed by atoms with Crippen molar-refractivity contribution in [3.63, 3.8) is 0 Å². The second-order valence-corrected chi connectivity index (χ2v) is 6.14. The molecular weight excluding hydrogens is 276 g/mol. The highest BCUT2D eigenvalue weighted by atomic mass is 32.1. The van der Waals surface area contributed by atoms with Crippen molar-refractivity contribution in [3.05, 3.63) is 66.2 Å². The zero-order valence-electron chi connectivity index (χ0n) is 11.6. The first-order valence-corrected chi connectivity index (χ1v) is 7.74. The number of rotatable bonds is 2. The van der Waals surface area contributed by atoms with Crippen LogP contribution in [0.3, 0.4) is 0 Å². The molecule has 0 atom stereocenters. The fourth-order valence-corrected chi connectivity index (χ4v) is 3.65. The molecule has 2 aromatic carbocycles. The Kier molecular flexibility index (Phi) is 2.86. The van der Waals surface area contributed by atoms with Gasteiger partial charge in [0.25, 0.3) is 0 Å². The first kappa shape index (κ1) is 12.4. The Bertz CT molecular complexity index is 870. The molecule has 102 valence electrons. The van der Waals surface area contributed by atoms with E-state index in [1.165, 1.54) is 20.9 Å². The van der Waals surface area contributed by atoms with Crippen LogP contribution in [0.5, 0.6) is 0 Å². The van der Waals surface area contributed by atoms with Gasteiger partial charge in [-0.15, -0.1) is 11.3 Å². The number of aromatic nitrogens is 2. The smallest absolute Gasteiger partial charge is 0.148 e. The highest BCUT2D eigenvalue weighted by molar-refractivity contribution is 7.19. The van der Waals surface area contributed by atoms with Crippen LogP contribution in [-0.4, -0.2) is 9.97 Å². The molecular formula is C18H14N2S. The minimum atomic E-state index is 0.959. The van der Waals surface area contributed by atoms with E-state index in [0.29, 0.717) is 0 Å². The third-order valence-electron chi connectivity index (χ3n) is 3.58. The van der Waals surface area contributed by atoms with Crippen LogP contribution in [0.1, 0.15) is 5.56 Å². The summed E-state index contributed by atoms with van der Waals surface area (Å²) in [6, 6.07) is 20.9. The number of para-hydroxylation sites is 2. The number of fused-ring (bicyclic) bond motifs is 1. The molecule has 0 aliphatic heterocycles. The molecule has 0 aliphatic rings. The summed E-state index contributed by atoms with van der Waals surface area (Å²) in [5, 5.41) is 0. The lowest BCUT2D eigenvalue weighted by Gasteiger charge is -1.94. The standard InChI is InChI=1S/C18H14N2S/c1-12-11-16(13-7-3-2-4-8-13)21-17(12)18-19-14-9-5-6-10-15(14)20-18/h2-11H,1H3,(H,19,20). The van der Waals surface area contributed by atoms with Crippen molar-refractivity contribution in [3.8, 4) is 21.1 Å². The number of nitrogens with one attached hydrogen (secondary N) is 1. The molecule has 0 radical (unpaired) electrons. The Morgan fingerprint density at radius 2 is 1.71 bits per heavy atom. The van der Waals surface area contributed by atoms with E-state index in [2.05, 4.69) is 48.3 Å². The van der Waals surface area contributed by atoms with Crippen LogP contribution < -0.4 is 0 Å². The zero-order chi connectivity index (χ0) is 14.2. The number of hydrogen-bond acceptors (Lipinski definition) is 2. The Labute approximate surface area is 127 Å². The third kappa shape index (κ3) is 2.16. The van der Waals surface area contributed by atoms with E-state index in [-0.39, 0.29) is 0 Å². The molecule has 0 amide bonds. The largest absolute Gasteiger partial charge is 0.337 e. The first-order valence-electron chi connectivity index (χ1n) is 6.92. The second kappa shape index (κ2) is 4.86. The number of imidazole rings is 1. The highest BCUT2D eigenvalue weighted by Gasteiger charge is 2.12. The summed E-state index contributed by atoms with van der Waals surface area (Å²) in [6.07, 6.45) is 0. The van der Waals surface area contributed by atoms with Crippen LogP contribution in [0, 0.1) is 6.92 Å². The quantitative estimate of drug-likeness (QED) is 0.535. The van der Waals surface area contributed by atoms with Crippen molar-refractivity contribution in [2.45, 2.75) is 6.92 Å². The average Bonchev–Trinajstić information content (AvgIpc) is 3.11. The van der Waals surface area contributed by atoms with Crippen molar-refractivity contribution in [2.24, 2.45) is 0 Å². The van der Waals surface area contributed by atoms with E-state index in [0.717, 1.165) is 16.9 Å². The lowest BCUT2D eigenvalue weighted by molar-refractivity contribution is 1.34. The van der Waals surface area contributed by atoms with Gasteiger partial charge in [-0.05, 0) is 36.2 Å². The van der Waals surface area contributed by atoms with Gasteiger partial charge in [0.1, 0.15) is 5.82 Å². The monoisotopic (exact) mass is 290 g/mol. The number of thiophene rings is 1. The molecule has 1 N–H and O–H groups in total. The predicted octanol–water partition coefficient (Wildman–Crippen LogP) is 5.27. The molecule has 2 aromatic heterocycles. The van der Waals surface area contributed by atoms with Gasteiger partial charge in [-0.3, -0.25) is 0 Å². The fourth-order valence-electron chi connectivity index (χ4n) is 2.52. The lowest BCUT2D eigenvalue weighted by atomic mass is 10.1. The summed E-state index contributed by atoms with van der Waals surface area (Å²) < 4.78 is 0. The van der Waals surface area contributed by atoms with Gasteiger partial charge in [0.05, 0.1) is 15.9 Å². The lowest BCUT2D eigenvalue weighted by Crippen LogP contribution is -1.77. The van der Waals surface area contributed by atoms with Gasteiger partial charge >= 0.3 is 0 Å². The Balaban J connectivity index is 1.84. The number of benzene rings is 2. The molecule has 2 heterocycles. The molecule has 0 bridgehead atoms. The summed E-state index contributed by atoms with van der Waals surface area (Å²) in [4.78, 5) is 10.6. The topological polar surface area (TPSA) is 28.7 Å². The van der Waals surface area contributed by atoms with Gasteiger partial charge in [0.2, 0.25) is 0 Å². The van der Waals surface area contributed by atoms with Crippen molar-refractivity contribution in [1.82, 2.24) is 9.97 Å². The predicted molar refractivity (Wildman–Crippen MR) is 89.6 cm³/mol. The van der Waals surface area contributed by atoms with Gasteiger partial charge in [-0.1, -0.05) is 42.5 Å². The maximum Gasteiger partial charge on any atom is 0.148 e. The van der Waals surface area contributed by atoms with Gasteiger partial charge in [0.15, 0.2) is 0 Å². The van der Waals surface area contributed by atoms with Crippen molar-refractivity contribution < 1.29 is 0 Å². The van der Waals surface area contributed by atoms with Crippen LogP contribution in [-0.2, 0) is 0 Å². The first-order chi connectivity index (χ1) is 10.3. The summed E-state index contributed by atoms with van der Waals surface area (Å²) in [7, 11) is 0. The summed E-state index contributed by atoms with van der Waals surface area (Å²) in [6.45, 7) is 2.14. The molecule has 4 aromatic rings. The highest BCUT2D eigenvalue weighted by Crippen LogP contribution is 2.37. The summed E-state index contributed by atoms with van der Waals surface area (Å²) in [5.74, 6) is 0.959. The molecule has 0 fully saturated rings. The molecule has 2 nitrogen and oxygen atoms in total. The van der Waals surface area contributed by atoms with Gasteiger partial charge in [0, 0.05) is 4.88 Å². The summed E-state index contributed by atoms with van der Waals surface area (Å²) in [5.41, 5.74) is 4.62. The maximum absolute atomic E-state index is 4.71. The van der Waals surface area contributed by atoms with E-state index < -0.39 is 0 Å². The maximum atomic E-state index is 4.71. The zero-order valence-corrected chi connectivity index (χ0v) is 12.4. The molecule has 3 heteroatoms. The fraction of sp³-hybridized carbons (Fsp3) is 0.0556. The van der Waals surface area contributed by atoms with Crippen molar-refractivity contribution >= 4 is 22.4 Å². The van der Waals surface area contributed by atoms with E-state index in [1.807, 2.05) is 24.3 Å². The van der Waals surface area contributed by atoms with Gasteiger partial charge in [-0.25, -0.2) is 4.98 Å². The molecule has 0 spiro atoms. The number of aryl methyl sites for hydroxylation is 1. The second-order valence-electron chi connectivity index (χ2n) is 5.09. The molecule has 0 unspecified atom stereocenters. The minimum absolute atomic E-state index is 0.959. The van der Waals surface area contributed by atoms with Crippen molar-refractivity contribution in [1.29, 1.82) is 0 Å². The van der Waals surface area contributed by atoms with Crippen molar-refractivity contribution in [2.75, 3.05) is 0 Å². The minimum Gasteiger partial charge on any atom is -0.337 e. The van der Waals surface area contributed by atoms with Gasteiger partial charge in [-0.2, -0.15) is 0 Å². The van der Waals surface area contributed by atoms with E-state index in [1.54, 1.807) is 11.3 Å². The van der Waals surface area contributed by atoms with Crippen LogP contribution in [0.25, 0.3) is 32.2 Å².